The van der Waals surface area contributed by atoms with Crippen molar-refractivity contribution in [1.29, 1.82) is 0 Å². The summed E-state index contributed by atoms with van der Waals surface area (Å²) >= 11 is -6.19. The predicted octanol–water partition coefficient (Wildman–Crippen LogP) is 6.79. The van der Waals surface area contributed by atoms with Crippen LogP contribution in [0.15, 0.2) is 72.8 Å². The Morgan fingerprint density at radius 3 is 0.710 bits per heavy atom. The van der Waals surface area contributed by atoms with Crippen molar-refractivity contribution in [2.45, 2.75) is 44.5 Å². The SMILES string of the molecule is [CH3][Sn]([CH3])([CH3])[c]1ccc(N(c2cc[c]([Sn]([CH3])([CH3])[CH3])cc2)c2cc[c]([Sn]([CH3])([CH3])[CH3])cc2)cc1. The first-order valence-electron chi connectivity index (χ1n) is 11.4. The van der Waals surface area contributed by atoms with E-state index in [0.717, 1.165) is 0 Å². The van der Waals surface area contributed by atoms with Gasteiger partial charge in [0.2, 0.25) is 0 Å². The summed E-state index contributed by atoms with van der Waals surface area (Å²) in [6.07, 6.45) is 0. The number of hydrogen-bond donors (Lipinski definition) is 0. The van der Waals surface area contributed by atoms with Gasteiger partial charge in [-0.1, -0.05) is 0 Å². The standard InChI is InChI=1S/C18H12N.9CH3.3Sn/c1-4-10-16(11-5-1)19(17-12-6-2-7-13-17)18-14-8-3-9-15-18;;;;;;;;;;;;/h4-15H;9*1H3;;;. The molecule has 0 atom stereocenters. The molecule has 0 aliphatic rings. The first kappa shape index (κ1) is 25.5. The maximum atomic E-state index is 2.48. The normalized spacial score (nSPS) is 12.7. The Labute approximate surface area is 202 Å². The van der Waals surface area contributed by atoms with Crippen LogP contribution in [0.1, 0.15) is 0 Å². The molecule has 0 fully saturated rings. The number of rotatable bonds is 6. The second-order valence-corrected chi connectivity index (χ2v) is 55.2. The summed E-state index contributed by atoms with van der Waals surface area (Å²) in [5, 5.41) is 0. The molecule has 3 aromatic rings. The molecule has 3 rings (SSSR count). The summed E-state index contributed by atoms with van der Waals surface area (Å²) in [7, 11) is 0. The summed E-state index contributed by atoms with van der Waals surface area (Å²) in [4.78, 5) is 24.8. The maximum absolute atomic E-state index is 2.48. The second kappa shape index (κ2) is 9.61. The Morgan fingerprint density at radius 1 is 0.355 bits per heavy atom. The van der Waals surface area contributed by atoms with Gasteiger partial charge in [0.15, 0.2) is 0 Å². The van der Waals surface area contributed by atoms with Gasteiger partial charge in [-0.2, -0.15) is 0 Å². The summed E-state index contributed by atoms with van der Waals surface area (Å²) in [6.45, 7) is 0. The van der Waals surface area contributed by atoms with Gasteiger partial charge in [0, 0.05) is 0 Å². The Bertz CT molecular complexity index is 864. The van der Waals surface area contributed by atoms with Gasteiger partial charge < -0.3 is 0 Å². The topological polar surface area (TPSA) is 3.24 Å². The van der Waals surface area contributed by atoms with E-state index in [9.17, 15) is 0 Å². The number of hydrogen-bond acceptors (Lipinski definition) is 1. The van der Waals surface area contributed by atoms with E-state index in [1.54, 1.807) is 10.7 Å². The molecule has 3 aromatic carbocycles. The molecular formula is C27H39NSn3. The molecular weight excluding hydrogens is 694 g/mol. The van der Waals surface area contributed by atoms with Crippen LogP contribution in [0.3, 0.4) is 0 Å². The van der Waals surface area contributed by atoms with Gasteiger partial charge in [-0.3, -0.25) is 0 Å². The van der Waals surface area contributed by atoms with E-state index < -0.39 is 55.1 Å². The molecule has 0 saturated carbocycles. The minimum absolute atomic E-state index is 1.25. The van der Waals surface area contributed by atoms with Crippen LogP contribution in [-0.2, 0) is 0 Å². The zero-order valence-corrected chi connectivity index (χ0v) is 29.4. The molecule has 164 valence electrons. The fraction of sp³-hybridized carbons (Fsp3) is 0.333. The van der Waals surface area contributed by atoms with Crippen LogP contribution in [0, 0.1) is 0 Å². The van der Waals surface area contributed by atoms with Crippen LogP contribution in [0.25, 0.3) is 0 Å². The van der Waals surface area contributed by atoms with Crippen molar-refractivity contribution in [3.63, 3.8) is 0 Å². The summed E-state index contributed by atoms with van der Waals surface area (Å²) in [5.74, 6) is 0. The van der Waals surface area contributed by atoms with Gasteiger partial charge in [0.05, 0.1) is 0 Å². The Hall–Kier alpha value is -0.144. The minimum atomic E-state index is -2.06. The zero-order valence-electron chi connectivity index (χ0n) is 20.9. The Kier molecular flexibility index (Phi) is 7.90. The number of nitrogens with zero attached hydrogens (tertiary/aromatic N) is 1. The monoisotopic (exact) mass is 737 g/mol. The van der Waals surface area contributed by atoms with Crippen molar-refractivity contribution in [2.75, 3.05) is 4.90 Å². The molecule has 0 bridgehead atoms. The third-order valence-electron chi connectivity index (χ3n) is 5.97. The first-order valence-corrected chi connectivity index (χ1v) is 41.4. The zero-order chi connectivity index (χ0) is 23.0. The van der Waals surface area contributed by atoms with Crippen LogP contribution in [0.4, 0.5) is 17.1 Å². The van der Waals surface area contributed by atoms with Gasteiger partial charge in [0.25, 0.3) is 0 Å². The molecule has 0 amide bonds. The summed E-state index contributed by atoms with van der Waals surface area (Å²) < 4.78 is 4.73. The van der Waals surface area contributed by atoms with Crippen LogP contribution in [0.5, 0.6) is 0 Å². The van der Waals surface area contributed by atoms with Crippen LogP contribution < -0.4 is 15.6 Å². The number of benzene rings is 3. The van der Waals surface area contributed by atoms with Crippen molar-refractivity contribution in [3.8, 4) is 0 Å². The molecule has 0 aliphatic carbocycles. The van der Waals surface area contributed by atoms with Crippen molar-refractivity contribution < 1.29 is 0 Å². The van der Waals surface area contributed by atoms with E-state index in [4.69, 9.17) is 0 Å². The summed E-state index contributed by atoms with van der Waals surface area (Å²) in [6, 6.07) is 28.2. The molecule has 1 nitrogen and oxygen atoms in total. The molecule has 0 aromatic heterocycles. The molecule has 0 spiro atoms. The fourth-order valence-electron chi connectivity index (χ4n) is 3.78. The van der Waals surface area contributed by atoms with Gasteiger partial charge >= 0.3 is 205 Å². The average Bonchev–Trinajstić information content (AvgIpc) is 2.67. The summed E-state index contributed by atoms with van der Waals surface area (Å²) in [5.41, 5.74) is 3.75. The van der Waals surface area contributed by atoms with E-state index >= 15 is 0 Å². The van der Waals surface area contributed by atoms with E-state index in [0.29, 0.717) is 0 Å². The van der Waals surface area contributed by atoms with Crippen molar-refractivity contribution >= 4 is 82.9 Å². The van der Waals surface area contributed by atoms with Crippen molar-refractivity contribution in [2.24, 2.45) is 0 Å². The van der Waals surface area contributed by atoms with Crippen LogP contribution in [0.2, 0.25) is 44.5 Å². The van der Waals surface area contributed by atoms with Crippen molar-refractivity contribution in [3.05, 3.63) is 72.8 Å². The quantitative estimate of drug-likeness (QED) is 0.253. The van der Waals surface area contributed by atoms with E-state index in [-0.39, 0.29) is 0 Å². The Morgan fingerprint density at radius 2 is 0.548 bits per heavy atom. The Balaban J connectivity index is 2.08. The molecule has 0 N–H and O–H groups in total. The molecule has 0 saturated heterocycles. The van der Waals surface area contributed by atoms with Crippen LogP contribution >= 0.6 is 0 Å². The van der Waals surface area contributed by atoms with Gasteiger partial charge in [-0.25, -0.2) is 0 Å². The molecule has 0 heterocycles. The molecule has 31 heavy (non-hydrogen) atoms. The molecule has 4 heteroatoms. The third-order valence-corrected chi connectivity index (χ3v) is 23.7. The van der Waals surface area contributed by atoms with Gasteiger partial charge in [-0.15, -0.1) is 0 Å². The molecule has 0 radical (unpaired) electrons. The predicted molar refractivity (Wildman–Crippen MR) is 150 cm³/mol. The second-order valence-electron chi connectivity index (χ2n) is 11.7. The molecule has 0 unspecified atom stereocenters. The third kappa shape index (κ3) is 6.47. The van der Waals surface area contributed by atoms with E-state index in [1.807, 2.05) is 0 Å². The fourth-order valence-corrected chi connectivity index (χ4v) is 13.8. The van der Waals surface area contributed by atoms with Gasteiger partial charge in [0.1, 0.15) is 0 Å². The van der Waals surface area contributed by atoms with Crippen LogP contribution in [-0.4, -0.2) is 55.1 Å². The van der Waals surface area contributed by atoms with Gasteiger partial charge in [-0.05, 0) is 0 Å². The first-order chi connectivity index (χ1) is 14.3. The molecule has 0 aliphatic heterocycles. The average molecular weight is 734 g/mol. The van der Waals surface area contributed by atoms with Crippen molar-refractivity contribution in [1.82, 2.24) is 0 Å². The number of anilines is 3. The van der Waals surface area contributed by atoms with E-state index in [2.05, 4.69) is 122 Å². The van der Waals surface area contributed by atoms with E-state index in [1.165, 1.54) is 17.1 Å².